The Labute approximate surface area is 208 Å². The fourth-order valence-corrected chi connectivity index (χ4v) is 4.03. The van der Waals surface area contributed by atoms with Crippen LogP contribution in [0.15, 0.2) is 39.5 Å². The number of fused-ring (bicyclic) bond motifs is 1. The maximum absolute atomic E-state index is 13.0. The second-order valence-corrected chi connectivity index (χ2v) is 8.00. The van der Waals surface area contributed by atoms with Gasteiger partial charge in [0.1, 0.15) is 52.3 Å². The van der Waals surface area contributed by atoms with Crippen molar-refractivity contribution in [2.45, 2.75) is 30.7 Å². The van der Waals surface area contributed by atoms with Gasteiger partial charge in [0, 0.05) is 12.1 Å². The molecule has 5 atom stereocenters. The van der Waals surface area contributed by atoms with E-state index in [1.165, 1.54) is 45.6 Å². The molecule has 3 aromatic rings. The van der Waals surface area contributed by atoms with E-state index in [1.807, 2.05) is 0 Å². The zero-order chi connectivity index (χ0) is 27.0. The normalized spacial score (nSPS) is 23.5. The van der Waals surface area contributed by atoms with E-state index in [4.69, 9.17) is 28.1 Å². The Morgan fingerprint density at radius 1 is 0.919 bits per heavy atom. The molecule has 0 saturated carbocycles. The molecule has 13 heteroatoms. The first-order valence-corrected chi connectivity index (χ1v) is 10.8. The summed E-state index contributed by atoms with van der Waals surface area (Å²) in [6, 6.07) is 6.68. The van der Waals surface area contributed by atoms with E-state index in [1.54, 1.807) is 0 Å². The van der Waals surface area contributed by atoms with Gasteiger partial charge in [-0.05, 0) is 12.1 Å². The predicted octanol–water partition coefficient (Wildman–Crippen LogP) is 0.462. The van der Waals surface area contributed by atoms with Crippen LogP contribution in [0.25, 0.3) is 22.3 Å². The molecule has 0 spiro atoms. The van der Waals surface area contributed by atoms with E-state index in [0.29, 0.717) is 0 Å². The molecule has 2 heterocycles. The second-order valence-electron chi connectivity index (χ2n) is 8.00. The molecular formula is C24H24O13. The number of methoxy groups -OCH3 is 3. The summed E-state index contributed by atoms with van der Waals surface area (Å²) in [4.78, 5) is 24.5. The van der Waals surface area contributed by atoms with Crippen LogP contribution in [0.3, 0.4) is 0 Å². The largest absolute Gasteiger partial charge is 0.507 e. The number of aliphatic carboxylic acids is 1. The number of benzene rings is 2. The Bertz CT molecular complexity index is 1380. The highest BCUT2D eigenvalue weighted by atomic mass is 16.7. The fourth-order valence-electron chi connectivity index (χ4n) is 4.03. The molecule has 4 rings (SSSR count). The summed E-state index contributed by atoms with van der Waals surface area (Å²) in [7, 11) is 3.99. The average Bonchev–Trinajstić information content (AvgIpc) is 2.87. The summed E-state index contributed by atoms with van der Waals surface area (Å²) in [6.07, 6.45) is -9.28. The zero-order valence-electron chi connectivity index (χ0n) is 19.8. The zero-order valence-corrected chi connectivity index (χ0v) is 19.8. The van der Waals surface area contributed by atoms with Gasteiger partial charge in [0.25, 0.3) is 0 Å². The number of aliphatic hydroxyl groups is 3. The first kappa shape index (κ1) is 26.0. The topological polar surface area (TPSA) is 195 Å². The van der Waals surface area contributed by atoms with Crippen molar-refractivity contribution in [1.82, 2.24) is 0 Å². The van der Waals surface area contributed by atoms with Crippen LogP contribution < -0.4 is 24.4 Å². The smallest absolute Gasteiger partial charge is 0.335 e. The minimum Gasteiger partial charge on any atom is -0.507 e. The van der Waals surface area contributed by atoms with Crippen molar-refractivity contribution < 1.29 is 58.4 Å². The number of carboxylic acid groups (broad SMARTS) is 1. The standard InChI is InChI=1S/C24H24O13/c1-32-11-5-4-6-12(36-24-19(29)17(27)18(28)22(37-24)23(30)31)16(11)13-7-9(25)15-10(26)8-14(33-2)20(34-3)21(15)35-13/h4-8,17-19,22,24,26-29H,1-3H3,(H,30,31)/t17?,18-,19?,22+,24+/m0/s1. The second kappa shape index (κ2) is 10.1. The number of phenolic OH excluding ortho intramolecular Hbond substituents is 1. The van der Waals surface area contributed by atoms with Gasteiger partial charge >= 0.3 is 5.97 Å². The molecule has 37 heavy (non-hydrogen) atoms. The quantitative estimate of drug-likeness (QED) is 0.289. The van der Waals surface area contributed by atoms with E-state index in [-0.39, 0.29) is 45.3 Å². The molecule has 0 bridgehead atoms. The van der Waals surface area contributed by atoms with Gasteiger partial charge in [-0.25, -0.2) is 4.79 Å². The van der Waals surface area contributed by atoms with E-state index in [0.717, 1.165) is 6.07 Å². The van der Waals surface area contributed by atoms with Gasteiger partial charge in [-0.3, -0.25) is 4.79 Å². The maximum atomic E-state index is 13.0. The molecule has 1 saturated heterocycles. The predicted molar refractivity (Wildman–Crippen MR) is 124 cm³/mol. The number of ether oxygens (including phenoxy) is 5. The minimum atomic E-state index is -1.91. The highest BCUT2D eigenvalue weighted by Gasteiger charge is 2.48. The third-order valence-corrected chi connectivity index (χ3v) is 5.84. The summed E-state index contributed by atoms with van der Waals surface area (Å²) in [6.45, 7) is 0. The van der Waals surface area contributed by atoms with Gasteiger partial charge in [0.05, 0.1) is 21.3 Å². The Morgan fingerprint density at radius 2 is 1.59 bits per heavy atom. The number of phenols is 1. The molecule has 2 unspecified atom stereocenters. The lowest BCUT2D eigenvalue weighted by Gasteiger charge is -2.38. The lowest BCUT2D eigenvalue weighted by atomic mass is 9.99. The molecule has 1 aliphatic rings. The molecular weight excluding hydrogens is 496 g/mol. The first-order chi connectivity index (χ1) is 17.6. The van der Waals surface area contributed by atoms with Crippen molar-refractivity contribution in [2.75, 3.05) is 21.3 Å². The molecule has 1 aromatic heterocycles. The van der Waals surface area contributed by atoms with E-state index in [9.17, 15) is 35.1 Å². The third kappa shape index (κ3) is 4.49. The number of rotatable bonds is 7. The summed E-state index contributed by atoms with van der Waals surface area (Å²) in [5, 5.41) is 50.0. The number of hydrogen-bond acceptors (Lipinski definition) is 12. The van der Waals surface area contributed by atoms with E-state index < -0.39 is 47.9 Å². The van der Waals surface area contributed by atoms with Crippen molar-refractivity contribution in [1.29, 1.82) is 0 Å². The fraction of sp³-hybridized carbons (Fsp3) is 0.333. The van der Waals surface area contributed by atoms with Gasteiger partial charge in [-0.2, -0.15) is 0 Å². The minimum absolute atomic E-state index is 0.0269. The van der Waals surface area contributed by atoms with Crippen LogP contribution in [0.2, 0.25) is 0 Å². The van der Waals surface area contributed by atoms with Crippen molar-refractivity contribution in [3.8, 4) is 40.1 Å². The lowest BCUT2D eigenvalue weighted by Crippen LogP contribution is -2.61. The van der Waals surface area contributed by atoms with Crippen LogP contribution in [0.4, 0.5) is 0 Å². The van der Waals surface area contributed by atoms with Gasteiger partial charge in [0.15, 0.2) is 22.9 Å². The van der Waals surface area contributed by atoms with Crippen molar-refractivity contribution >= 4 is 16.9 Å². The number of hydrogen-bond donors (Lipinski definition) is 5. The molecule has 5 N–H and O–H groups in total. The third-order valence-electron chi connectivity index (χ3n) is 5.84. The van der Waals surface area contributed by atoms with Crippen LogP contribution in [0.5, 0.6) is 28.7 Å². The van der Waals surface area contributed by atoms with Crippen LogP contribution in [-0.4, -0.2) is 83.5 Å². The van der Waals surface area contributed by atoms with Crippen molar-refractivity contribution in [3.63, 3.8) is 0 Å². The number of carboxylic acids is 1. The molecule has 0 radical (unpaired) electrons. The van der Waals surface area contributed by atoms with E-state index in [2.05, 4.69) is 0 Å². The Balaban J connectivity index is 1.88. The van der Waals surface area contributed by atoms with Crippen LogP contribution in [-0.2, 0) is 9.53 Å². The highest BCUT2D eigenvalue weighted by molar-refractivity contribution is 5.92. The molecule has 0 amide bonds. The number of aromatic hydroxyl groups is 1. The van der Waals surface area contributed by atoms with Crippen LogP contribution in [0.1, 0.15) is 0 Å². The molecule has 1 fully saturated rings. The Kier molecular flexibility index (Phi) is 7.14. The number of carbonyl (C=O) groups is 1. The summed E-state index contributed by atoms with van der Waals surface area (Å²) < 4.78 is 32.8. The van der Waals surface area contributed by atoms with Gasteiger partial charge < -0.3 is 53.6 Å². The molecule has 13 nitrogen and oxygen atoms in total. The summed E-state index contributed by atoms with van der Waals surface area (Å²) >= 11 is 0. The SMILES string of the molecule is COc1cccc(O[C@@H]2O[C@@H](C(=O)O)[C@@H](O)C(O)C2O)c1-c1cc(=O)c2c(O)cc(OC)c(OC)c2o1. The summed E-state index contributed by atoms with van der Waals surface area (Å²) in [5.74, 6) is -1.93. The number of aliphatic hydroxyl groups excluding tert-OH is 3. The average molecular weight is 520 g/mol. The lowest BCUT2D eigenvalue weighted by molar-refractivity contribution is -0.271. The molecule has 2 aromatic carbocycles. The molecule has 198 valence electrons. The van der Waals surface area contributed by atoms with Gasteiger partial charge in [-0.15, -0.1) is 0 Å². The first-order valence-electron chi connectivity index (χ1n) is 10.8. The van der Waals surface area contributed by atoms with Crippen LogP contribution >= 0.6 is 0 Å². The van der Waals surface area contributed by atoms with Gasteiger partial charge in [-0.1, -0.05) is 6.07 Å². The van der Waals surface area contributed by atoms with E-state index >= 15 is 0 Å². The monoisotopic (exact) mass is 520 g/mol. The van der Waals surface area contributed by atoms with Crippen molar-refractivity contribution in [3.05, 3.63) is 40.6 Å². The maximum Gasteiger partial charge on any atom is 0.335 e. The van der Waals surface area contributed by atoms with Gasteiger partial charge in [0.2, 0.25) is 12.0 Å². The van der Waals surface area contributed by atoms with Crippen molar-refractivity contribution in [2.24, 2.45) is 0 Å². The Morgan fingerprint density at radius 3 is 2.22 bits per heavy atom. The summed E-state index contributed by atoms with van der Waals surface area (Å²) in [5.41, 5.74) is -0.737. The highest BCUT2D eigenvalue weighted by Crippen LogP contribution is 2.44. The molecule has 1 aliphatic heterocycles. The molecule has 0 aliphatic carbocycles. The Hall–Kier alpha value is -4.04. The van der Waals surface area contributed by atoms with Crippen LogP contribution in [0, 0.1) is 0 Å².